The van der Waals surface area contributed by atoms with Crippen molar-refractivity contribution in [2.75, 3.05) is 19.4 Å². The van der Waals surface area contributed by atoms with Crippen LogP contribution in [0.1, 0.15) is 13.8 Å². The summed E-state index contributed by atoms with van der Waals surface area (Å²) >= 11 is 1.11. The molecule has 0 rings (SSSR count). The molecule has 2 N–H and O–H groups in total. The summed E-state index contributed by atoms with van der Waals surface area (Å²) in [5, 5.41) is 2.38. The molecule has 118 valence electrons. The first-order chi connectivity index (χ1) is 9.97. The number of rotatable bonds is 6. The predicted molar refractivity (Wildman–Crippen MR) is 86.2 cm³/mol. The minimum atomic E-state index is -0.648. The van der Waals surface area contributed by atoms with Gasteiger partial charge in [-0.15, -0.1) is 6.58 Å². The van der Waals surface area contributed by atoms with Gasteiger partial charge in [-0.3, -0.25) is 4.72 Å². The van der Waals surface area contributed by atoms with E-state index in [1.165, 1.54) is 13.1 Å². The average molecular weight is 314 g/mol. The molecule has 0 aliphatic heterocycles. The van der Waals surface area contributed by atoms with Crippen molar-refractivity contribution in [3.05, 3.63) is 25.3 Å². The third-order valence-corrected chi connectivity index (χ3v) is 2.59. The highest BCUT2D eigenvalue weighted by molar-refractivity contribution is 7.98. The molecule has 4 amide bonds. The van der Waals surface area contributed by atoms with E-state index in [-0.39, 0.29) is 18.7 Å². The summed E-state index contributed by atoms with van der Waals surface area (Å²) < 4.78 is 7.84. The standard InChI is InChI=1S/C13H22N4O3S/c1-6-8-20-13(15-10(3)4)17(11(18)14-5)12(19)16-21-9-7-2/h6-7,10H,1-2,8-9H2,3-5H3,(H,14,18)(H,16,19). The van der Waals surface area contributed by atoms with Crippen LogP contribution in [0.15, 0.2) is 30.3 Å². The maximum absolute atomic E-state index is 12.1. The summed E-state index contributed by atoms with van der Waals surface area (Å²) in [5.41, 5.74) is 0. The van der Waals surface area contributed by atoms with Crippen molar-refractivity contribution in [3.63, 3.8) is 0 Å². The lowest BCUT2D eigenvalue weighted by molar-refractivity contribution is 0.196. The molecule has 0 spiro atoms. The van der Waals surface area contributed by atoms with Crippen LogP contribution in [0, 0.1) is 0 Å². The molecule has 0 bridgehead atoms. The number of aliphatic imine (C=N–C) groups is 1. The first-order valence-electron chi connectivity index (χ1n) is 6.33. The van der Waals surface area contributed by atoms with E-state index in [2.05, 4.69) is 28.2 Å². The number of hydrogen-bond acceptors (Lipinski definition) is 5. The number of nitrogens with one attached hydrogen (secondary N) is 2. The van der Waals surface area contributed by atoms with Crippen LogP contribution in [0.4, 0.5) is 9.59 Å². The fourth-order valence-corrected chi connectivity index (χ4v) is 1.52. The third-order valence-electron chi connectivity index (χ3n) is 1.87. The van der Waals surface area contributed by atoms with E-state index in [1.807, 2.05) is 13.8 Å². The van der Waals surface area contributed by atoms with E-state index in [0.717, 1.165) is 16.8 Å². The van der Waals surface area contributed by atoms with Crippen molar-refractivity contribution in [1.82, 2.24) is 14.9 Å². The van der Waals surface area contributed by atoms with Crippen molar-refractivity contribution in [2.24, 2.45) is 4.99 Å². The topological polar surface area (TPSA) is 83.0 Å². The monoisotopic (exact) mass is 314 g/mol. The molecule has 0 radical (unpaired) electrons. The van der Waals surface area contributed by atoms with Gasteiger partial charge in [-0.1, -0.05) is 18.7 Å². The minimum absolute atomic E-state index is 0.0825. The molecule has 21 heavy (non-hydrogen) atoms. The molecule has 8 heteroatoms. The molecule has 0 saturated heterocycles. The fourth-order valence-electron chi connectivity index (χ4n) is 1.10. The maximum Gasteiger partial charge on any atom is 0.343 e. The molecule has 0 aliphatic rings. The van der Waals surface area contributed by atoms with E-state index < -0.39 is 12.1 Å². The van der Waals surface area contributed by atoms with Crippen LogP contribution < -0.4 is 10.0 Å². The van der Waals surface area contributed by atoms with Crippen LogP contribution in [-0.2, 0) is 4.74 Å². The van der Waals surface area contributed by atoms with Crippen LogP contribution in [0.2, 0.25) is 0 Å². The van der Waals surface area contributed by atoms with Crippen molar-refractivity contribution >= 4 is 30.0 Å². The van der Waals surface area contributed by atoms with E-state index >= 15 is 0 Å². The molecule has 0 aromatic heterocycles. The second-order valence-corrected chi connectivity index (χ2v) is 4.83. The zero-order chi connectivity index (χ0) is 16.3. The van der Waals surface area contributed by atoms with Crippen LogP contribution in [-0.4, -0.2) is 48.4 Å². The van der Waals surface area contributed by atoms with Gasteiger partial charge in [0.1, 0.15) is 6.61 Å². The van der Waals surface area contributed by atoms with Gasteiger partial charge in [0.15, 0.2) is 0 Å². The van der Waals surface area contributed by atoms with Gasteiger partial charge in [0.25, 0.3) is 0 Å². The number of amidine groups is 1. The molecular weight excluding hydrogens is 292 g/mol. The number of carbonyl (C=O) groups excluding carboxylic acids is 2. The van der Waals surface area contributed by atoms with Gasteiger partial charge in [0.2, 0.25) is 0 Å². The van der Waals surface area contributed by atoms with Crippen LogP contribution in [0.3, 0.4) is 0 Å². The second-order valence-electron chi connectivity index (χ2n) is 4.00. The molecule has 0 fully saturated rings. The molecular formula is C13H22N4O3S. The molecule has 7 nitrogen and oxygen atoms in total. The summed E-state index contributed by atoms with van der Waals surface area (Å²) in [6, 6.07) is -1.52. The van der Waals surface area contributed by atoms with Gasteiger partial charge in [-0.2, -0.15) is 4.90 Å². The molecule has 0 atom stereocenters. The van der Waals surface area contributed by atoms with Crippen LogP contribution in [0.5, 0.6) is 0 Å². The number of urea groups is 2. The number of hydrogen-bond donors (Lipinski definition) is 2. The minimum Gasteiger partial charge on any atom is -0.460 e. The average Bonchev–Trinajstić information content (AvgIpc) is 2.44. The van der Waals surface area contributed by atoms with Gasteiger partial charge in [-0.05, 0) is 25.8 Å². The highest BCUT2D eigenvalue weighted by Gasteiger charge is 2.28. The lowest BCUT2D eigenvalue weighted by Crippen LogP contribution is -2.50. The Morgan fingerprint density at radius 3 is 2.48 bits per heavy atom. The van der Waals surface area contributed by atoms with Gasteiger partial charge in [-0.25, -0.2) is 14.6 Å². The number of imide groups is 1. The van der Waals surface area contributed by atoms with E-state index in [4.69, 9.17) is 4.74 Å². The molecule has 0 aromatic rings. The SMILES string of the molecule is C=CCOC(=NC(C)C)N(C(=O)NC)C(=O)NSCC=C. The van der Waals surface area contributed by atoms with Gasteiger partial charge in [0, 0.05) is 18.8 Å². The van der Waals surface area contributed by atoms with Crippen molar-refractivity contribution in [3.8, 4) is 0 Å². The first-order valence-corrected chi connectivity index (χ1v) is 7.32. The highest BCUT2D eigenvalue weighted by atomic mass is 32.2. The Kier molecular flexibility index (Phi) is 9.78. The number of amides is 4. The number of nitrogens with zero attached hydrogens (tertiary/aromatic N) is 2. The van der Waals surface area contributed by atoms with Crippen molar-refractivity contribution < 1.29 is 14.3 Å². The zero-order valence-electron chi connectivity index (χ0n) is 12.6. The van der Waals surface area contributed by atoms with Crippen LogP contribution >= 0.6 is 11.9 Å². The smallest absolute Gasteiger partial charge is 0.343 e. The normalized spacial score (nSPS) is 10.8. The molecule has 0 heterocycles. The summed E-state index contributed by atoms with van der Waals surface area (Å²) in [7, 11) is 1.42. The van der Waals surface area contributed by atoms with Gasteiger partial charge < -0.3 is 10.1 Å². The maximum atomic E-state index is 12.1. The third kappa shape index (κ3) is 7.40. The van der Waals surface area contributed by atoms with Gasteiger partial charge in [0.05, 0.1) is 0 Å². The lowest BCUT2D eigenvalue weighted by Gasteiger charge is -2.22. The largest absolute Gasteiger partial charge is 0.460 e. The van der Waals surface area contributed by atoms with E-state index in [9.17, 15) is 9.59 Å². The lowest BCUT2D eigenvalue weighted by atomic mass is 10.4. The Balaban J connectivity index is 5.21. The second kappa shape index (κ2) is 10.8. The molecule has 0 aromatic carbocycles. The highest BCUT2D eigenvalue weighted by Crippen LogP contribution is 2.04. The molecule has 0 aliphatic carbocycles. The Labute approximate surface area is 129 Å². The number of ether oxygens (including phenoxy) is 1. The Bertz CT molecular complexity index is 410. The molecule has 0 unspecified atom stereocenters. The summed E-state index contributed by atoms with van der Waals surface area (Å²) in [6.45, 7) is 10.8. The summed E-state index contributed by atoms with van der Waals surface area (Å²) in [5.74, 6) is 0.511. The zero-order valence-corrected chi connectivity index (χ0v) is 13.4. The predicted octanol–water partition coefficient (Wildman–Crippen LogP) is 2.14. The summed E-state index contributed by atoms with van der Waals surface area (Å²) in [4.78, 5) is 29.0. The first kappa shape index (κ1) is 19.0. The van der Waals surface area contributed by atoms with Crippen LogP contribution in [0.25, 0.3) is 0 Å². The van der Waals surface area contributed by atoms with E-state index in [1.54, 1.807) is 6.08 Å². The summed E-state index contributed by atoms with van der Waals surface area (Å²) in [6.07, 6.45) is 3.13. The van der Waals surface area contributed by atoms with Gasteiger partial charge >= 0.3 is 18.1 Å². The Morgan fingerprint density at radius 2 is 2.00 bits per heavy atom. The van der Waals surface area contributed by atoms with E-state index in [0.29, 0.717) is 5.75 Å². The quantitative estimate of drug-likeness (QED) is 0.259. The van der Waals surface area contributed by atoms with Crippen molar-refractivity contribution in [2.45, 2.75) is 19.9 Å². The van der Waals surface area contributed by atoms with Crippen molar-refractivity contribution in [1.29, 1.82) is 0 Å². The molecule has 0 saturated carbocycles. The number of carbonyl (C=O) groups is 2. The fraction of sp³-hybridized carbons (Fsp3) is 0.462. The Hall–Kier alpha value is -1.96. The Morgan fingerprint density at radius 1 is 1.33 bits per heavy atom.